The highest BCUT2D eigenvalue weighted by Crippen LogP contribution is 2.36. The fraction of sp³-hybridized carbons (Fsp3) is 0.0667. The van der Waals surface area contributed by atoms with Crippen molar-refractivity contribution in [1.82, 2.24) is 0 Å². The van der Waals surface area contributed by atoms with E-state index in [1.807, 2.05) is 0 Å². The number of esters is 1. The zero-order chi connectivity index (χ0) is 16.3. The summed E-state index contributed by atoms with van der Waals surface area (Å²) in [5, 5.41) is 8.73. The Hall–Kier alpha value is -2.83. The van der Waals surface area contributed by atoms with E-state index in [4.69, 9.17) is 9.84 Å². The summed E-state index contributed by atoms with van der Waals surface area (Å²) in [6, 6.07) is 8.99. The molecule has 22 heavy (non-hydrogen) atoms. The zero-order valence-electron chi connectivity index (χ0n) is 10.9. The Balaban J connectivity index is 2.24. The third kappa shape index (κ3) is 3.43. The average molecular weight is 310 g/mol. The number of hydrogen-bond donors (Lipinski definition) is 1. The van der Waals surface area contributed by atoms with Gasteiger partial charge in [0.25, 0.3) is 0 Å². The molecular weight excluding hydrogens is 301 g/mol. The first-order chi connectivity index (χ1) is 10.3. The Morgan fingerprint density at radius 3 is 2.00 bits per heavy atom. The highest BCUT2D eigenvalue weighted by Gasteiger charge is 2.34. The maximum Gasteiger partial charge on any atom is 0.419 e. The quantitative estimate of drug-likeness (QED) is 0.694. The average Bonchev–Trinajstić information content (AvgIpc) is 2.46. The molecule has 0 amide bonds. The number of hydrogen-bond acceptors (Lipinski definition) is 3. The molecule has 0 aliphatic carbocycles. The van der Waals surface area contributed by atoms with Crippen molar-refractivity contribution in [3.05, 3.63) is 65.2 Å². The summed E-state index contributed by atoms with van der Waals surface area (Å²) in [4.78, 5) is 22.5. The van der Waals surface area contributed by atoms with Crippen molar-refractivity contribution in [3.63, 3.8) is 0 Å². The van der Waals surface area contributed by atoms with Crippen molar-refractivity contribution in [3.8, 4) is 5.75 Å². The second-order valence-corrected chi connectivity index (χ2v) is 4.27. The number of halogens is 3. The van der Waals surface area contributed by atoms with Gasteiger partial charge in [0.05, 0.1) is 16.7 Å². The van der Waals surface area contributed by atoms with Gasteiger partial charge in [0.2, 0.25) is 0 Å². The van der Waals surface area contributed by atoms with Gasteiger partial charge in [-0.05, 0) is 36.4 Å². The van der Waals surface area contributed by atoms with Gasteiger partial charge in [-0.15, -0.1) is 0 Å². The van der Waals surface area contributed by atoms with Crippen LogP contribution in [0.5, 0.6) is 5.75 Å². The van der Waals surface area contributed by atoms with Gasteiger partial charge in [0, 0.05) is 0 Å². The van der Waals surface area contributed by atoms with Crippen LogP contribution in [0.2, 0.25) is 0 Å². The lowest BCUT2D eigenvalue weighted by Crippen LogP contribution is -2.13. The van der Waals surface area contributed by atoms with Crippen molar-refractivity contribution < 1.29 is 32.6 Å². The van der Waals surface area contributed by atoms with Crippen LogP contribution in [0.3, 0.4) is 0 Å². The van der Waals surface area contributed by atoms with E-state index in [0.29, 0.717) is 0 Å². The number of carboxylic acids is 1. The normalized spacial score (nSPS) is 11.0. The zero-order valence-corrected chi connectivity index (χ0v) is 10.9. The SMILES string of the molecule is O=C(O)c1ccc(C(=O)Oc2ccccc2C(F)(F)F)cc1. The fourth-order valence-electron chi connectivity index (χ4n) is 1.70. The molecular formula is C15H9F3O4. The minimum atomic E-state index is -4.65. The van der Waals surface area contributed by atoms with Crippen LogP contribution >= 0.6 is 0 Å². The van der Waals surface area contributed by atoms with E-state index in [-0.39, 0.29) is 11.1 Å². The standard InChI is InChI=1S/C15H9F3O4/c16-15(17,18)11-3-1-2-4-12(11)22-14(21)10-7-5-9(6-8-10)13(19)20/h1-8H,(H,19,20). The second-order valence-electron chi connectivity index (χ2n) is 4.27. The van der Waals surface area contributed by atoms with Gasteiger partial charge in [-0.3, -0.25) is 0 Å². The van der Waals surface area contributed by atoms with E-state index < -0.39 is 29.4 Å². The molecule has 2 rings (SSSR count). The molecule has 0 unspecified atom stereocenters. The molecule has 0 bridgehead atoms. The van der Waals surface area contributed by atoms with Crippen molar-refractivity contribution in [2.75, 3.05) is 0 Å². The number of carbonyl (C=O) groups is 2. The summed E-state index contributed by atoms with van der Waals surface area (Å²) in [6.07, 6.45) is -4.65. The van der Waals surface area contributed by atoms with E-state index in [0.717, 1.165) is 24.3 Å². The Morgan fingerprint density at radius 2 is 1.45 bits per heavy atom. The number of carboxylic acid groups (broad SMARTS) is 1. The molecule has 114 valence electrons. The van der Waals surface area contributed by atoms with Crippen molar-refractivity contribution in [2.45, 2.75) is 6.18 Å². The molecule has 0 aliphatic heterocycles. The maximum atomic E-state index is 12.8. The van der Waals surface area contributed by atoms with Crippen LogP contribution in [-0.2, 0) is 6.18 Å². The fourth-order valence-corrected chi connectivity index (χ4v) is 1.70. The third-order valence-electron chi connectivity index (χ3n) is 2.76. The first-order valence-corrected chi connectivity index (χ1v) is 6.01. The number of carbonyl (C=O) groups excluding carboxylic acids is 1. The molecule has 0 fully saturated rings. The molecule has 0 saturated carbocycles. The first-order valence-electron chi connectivity index (χ1n) is 6.01. The van der Waals surface area contributed by atoms with Crippen molar-refractivity contribution in [1.29, 1.82) is 0 Å². The Kier molecular flexibility index (Phi) is 4.16. The summed E-state index contributed by atoms with van der Waals surface area (Å²) in [5.74, 6) is -2.79. The number of ether oxygens (including phenoxy) is 1. The predicted molar refractivity (Wildman–Crippen MR) is 69.8 cm³/mol. The van der Waals surface area contributed by atoms with E-state index in [1.165, 1.54) is 24.3 Å². The minimum Gasteiger partial charge on any atom is -0.478 e. The smallest absolute Gasteiger partial charge is 0.419 e. The summed E-state index contributed by atoms with van der Waals surface area (Å²) >= 11 is 0. The van der Waals surface area contributed by atoms with Gasteiger partial charge in [-0.1, -0.05) is 12.1 Å². The molecule has 0 aliphatic rings. The van der Waals surface area contributed by atoms with Crippen LogP contribution in [0.25, 0.3) is 0 Å². The molecule has 0 heterocycles. The van der Waals surface area contributed by atoms with Gasteiger partial charge in [-0.25, -0.2) is 9.59 Å². The monoisotopic (exact) mass is 310 g/mol. The van der Waals surface area contributed by atoms with Crippen molar-refractivity contribution >= 4 is 11.9 Å². The molecule has 4 nitrogen and oxygen atoms in total. The molecule has 0 saturated heterocycles. The highest BCUT2D eigenvalue weighted by atomic mass is 19.4. The van der Waals surface area contributed by atoms with Gasteiger partial charge >= 0.3 is 18.1 Å². The summed E-state index contributed by atoms with van der Waals surface area (Å²) < 4.78 is 43.1. The molecule has 0 aromatic heterocycles. The molecule has 2 aromatic rings. The lowest BCUT2D eigenvalue weighted by molar-refractivity contribution is -0.138. The number of alkyl halides is 3. The molecule has 0 radical (unpaired) electrons. The van der Waals surface area contributed by atoms with E-state index in [2.05, 4.69) is 0 Å². The van der Waals surface area contributed by atoms with Crippen LogP contribution in [-0.4, -0.2) is 17.0 Å². The number of benzene rings is 2. The van der Waals surface area contributed by atoms with Crippen LogP contribution in [0.15, 0.2) is 48.5 Å². The van der Waals surface area contributed by atoms with Crippen LogP contribution in [0.4, 0.5) is 13.2 Å². The Morgan fingerprint density at radius 1 is 0.909 bits per heavy atom. The highest BCUT2D eigenvalue weighted by molar-refractivity contribution is 5.93. The lowest BCUT2D eigenvalue weighted by atomic mass is 10.1. The summed E-state index contributed by atoms with van der Waals surface area (Å²) in [6.45, 7) is 0. The summed E-state index contributed by atoms with van der Waals surface area (Å²) in [5.41, 5.74) is -1.17. The number of rotatable bonds is 3. The summed E-state index contributed by atoms with van der Waals surface area (Å²) in [7, 11) is 0. The largest absolute Gasteiger partial charge is 0.478 e. The molecule has 7 heteroatoms. The maximum absolute atomic E-state index is 12.8. The van der Waals surface area contributed by atoms with Crippen LogP contribution < -0.4 is 4.74 Å². The molecule has 1 N–H and O–H groups in total. The molecule has 2 aromatic carbocycles. The number of para-hydroxylation sites is 1. The first kappa shape index (κ1) is 15.6. The predicted octanol–water partition coefficient (Wildman–Crippen LogP) is 3.62. The van der Waals surface area contributed by atoms with Gasteiger partial charge in [0.1, 0.15) is 5.75 Å². The minimum absolute atomic E-state index is 0.0489. The Bertz CT molecular complexity index is 705. The lowest BCUT2D eigenvalue weighted by Gasteiger charge is -2.12. The van der Waals surface area contributed by atoms with E-state index >= 15 is 0 Å². The second kappa shape index (κ2) is 5.88. The third-order valence-corrected chi connectivity index (χ3v) is 2.76. The van der Waals surface area contributed by atoms with Crippen LogP contribution in [0, 0.1) is 0 Å². The Labute approximate surface area is 122 Å². The van der Waals surface area contributed by atoms with Gasteiger partial charge in [0.15, 0.2) is 0 Å². The van der Waals surface area contributed by atoms with E-state index in [1.54, 1.807) is 0 Å². The topological polar surface area (TPSA) is 63.6 Å². The van der Waals surface area contributed by atoms with Crippen molar-refractivity contribution in [2.24, 2.45) is 0 Å². The van der Waals surface area contributed by atoms with Crippen LogP contribution in [0.1, 0.15) is 26.3 Å². The van der Waals surface area contributed by atoms with Gasteiger partial charge < -0.3 is 9.84 Å². The van der Waals surface area contributed by atoms with Gasteiger partial charge in [-0.2, -0.15) is 13.2 Å². The molecule has 0 atom stereocenters. The molecule has 0 spiro atoms. The van der Waals surface area contributed by atoms with E-state index in [9.17, 15) is 22.8 Å². The number of aromatic carboxylic acids is 1.